The number of hydrogen-bond donors (Lipinski definition) is 0. The van der Waals surface area contributed by atoms with Crippen LogP contribution in [0.1, 0.15) is 0 Å². The summed E-state index contributed by atoms with van der Waals surface area (Å²) >= 11 is 0. The lowest BCUT2D eigenvalue weighted by Crippen LogP contribution is -2.59. The summed E-state index contributed by atoms with van der Waals surface area (Å²) in [5.41, 5.74) is 14.5. The predicted molar refractivity (Wildman–Crippen MR) is 221 cm³/mol. The van der Waals surface area contributed by atoms with Crippen LogP contribution in [0.2, 0.25) is 0 Å². The van der Waals surface area contributed by atoms with Crippen LogP contribution >= 0.6 is 0 Å². The molecule has 0 spiro atoms. The highest BCUT2D eigenvalue weighted by Gasteiger charge is 2.38. The van der Waals surface area contributed by atoms with Gasteiger partial charge in [-0.15, -0.1) is 0 Å². The van der Waals surface area contributed by atoms with Gasteiger partial charge in [0.1, 0.15) is 0 Å². The van der Waals surface area contributed by atoms with E-state index in [2.05, 4.69) is 208 Å². The first-order chi connectivity index (χ1) is 25.9. The average Bonchev–Trinajstić information content (AvgIpc) is 3.73. The van der Waals surface area contributed by atoms with Crippen molar-refractivity contribution in [3.63, 3.8) is 0 Å². The molecule has 3 nitrogen and oxygen atoms in total. The Morgan fingerprint density at radius 2 is 0.635 bits per heavy atom. The summed E-state index contributed by atoms with van der Waals surface area (Å²) in [5, 5.41) is 5.02. The lowest BCUT2D eigenvalue weighted by Gasteiger charge is -2.38. The van der Waals surface area contributed by atoms with Crippen molar-refractivity contribution < 1.29 is 0 Å². The third-order valence-corrected chi connectivity index (χ3v) is 11.0. The van der Waals surface area contributed by atoms with E-state index in [0.717, 1.165) is 5.69 Å². The second-order valence-electron chi connectivity index (χ2n) is 13.7. The smallest absolute Gasteiger partial charge is 0.252 e. The number of benzene rings is 8. The number of para-hydroxylation sites is 7. The fourth-order valence-electron chi connectivity index (χ4n) is 8.93. The third-order valence-electron chi connectivity index (χ3n) is 11.0. The van der Waals surface area contributed by atoms with Crippen LogP contribution in [0.3, 0.4) is 0 Å². The first-order valence-corrected chi connectivity index (χ1v) is 18.0. The van der Waals surface area contributed by atoms with Crippen molar-refractivity contribution in [3.05, 3.63) is 194 Å². The summed E-state index contributed by atoms with van der Waals surface area (Å²) < 4.78 is 5.01. The Morgan fingerprint density at radius 1 is 0.288 bits per heavy atom. The van der Waals surface area contributed by atoms with Gasteiger partial charge in [-0.25, -0.2) is 0 Å². The van der Waals surface area contributed by atoms with Crippen LogP contribution in [-0.2, 0) is 0 Å². The van der Waals surface area contributed by atoms with Gasteiger partial charge in [0.15, 0.2) is 0 Å². The summed E-state index contributed by atoms with van der Waals surface area (Å²) in [6.07, 6.45) is 0. The third kappa shape index (κ3) is 4.09. The van der Waals surface area contributed by atoms with E-state index in [1.807, 2.05) is 0 Å². The molecule has 0 amide bonds. The Bertz CT molecular complexity index is 2700. The molecule has 2 aromatic heterocycles. The van der Waals surface area contributed by atoms with Crippen molar-refractivity contribution >= 4 is 83.8 Å². The summed E-state index contributed by atoms with van der Waals surface area (Å²) in [4.78, 5) is 2.43. The summed E-state index contributed by atoms with van der Waals surface area (Å²) in [7, 11) is 0. The largest absolute Gasteiger partial charge is 0.312 e. The van der Waals surface area contributed by atoms with Crippen molar-refractivity contribution in [2.24, 2.45) is 0 Å². The highest BCUT2D eigenvalue weighted by atomic mass is 15.1. The second-order valence-corrected chi connectivity index (χ2v) is 13.7. The molecule has 0 atom stereocenters. The molecule has 0 bridgehead atoms. The number of rotatable bonds is 4. The van der Waals surface area contributed by atoms with Crippen molar-refractivity contribution in [1.82, 2.24) is 9.13 Å². The second kappa shape index (κ2) is 11.4. The topological polar surface area (TPSA) is 13.1 Å². The number of fused-ring (bicyclic) bond motifs is 8. The van der Waals surface area contributed by atoms with Gasteiger partial charge in [-0.1, -0.05) is 133 Å². The molecule has 0 aliphatic carbocycles. The van der Waals surface area contributed by atoms with Gasteiger partial charge < -0.3 is 14.0 Å². The van der Waals surface area contributed by atoms with E-state index in [1.54, 1.807) is 0 Å². The van der Waals surface area contributed by atoms with Gasteiger partial charge in [0.25, 0.3) is 6.71 Å². The molecule has 11 rings (SSSR count). The van der Waals surface area contributed by atoms with E-state index in [9.17, 15) is 0 Å². The zero-order valence-corrected chi connectivity index (χ0v) is 28.4. The van der Waals surface area contributed by atoms with Gasteiger partial charge in [0, 0.05) is 50.0 Å². The molecule has 0 radical (unpaired) electrons. The van der Waals surface area contributed by atoms with Crippen LogP contribution < -0.4 is 21.3 Å². The predicted octanol–water partition coefficient (Wildman–Crippen LogP) is 10.2. The summed E-state index contributed by atoms with van der Waals surface area (Å²) in [5.74, 6) is 0. The monoisotopic (exact) mass is 661 g/mol. The van der Waals surface area contributed by atoms with E-state index >= 15 is 0 Å². The van der Waals surface area contributed by atoms with Crippen molar-refractivity contribution in [2.75, 3.05) is 4.90 Å². The highest BCUT2D eigenvalue weighted by Crippen LogP contribution is 2.39. The molecular formula is C48H32BN3. The van der Waals surface area contributed by atoms with Crippen LogP contribution in [0, 0.1) is 0 Å². The zero-order valence-electron chi connectivity index (χ0n) is 28.4. The van der Waals surface area contributed by atoms with Crippen LogP contribution in [0.4, 0.5) is 17.1 Å². The minimum Gasteiger partial charge on any atom is -0.312 e. The molecule has 4 heteroatoms. The van der Waals surface area contributed by atoms with Gasteiger partial charge in [-0.05, 0) is 77.1 Å². The Kier molecular flexibility index (Phi) is 6.35. The summed E-state index contributed by atoms with van der Waals surface area (Å²) in [6, 6.07) is 71.1. The number of anilines is 3. The Hall–Kier alpha value is -6.78. The molecule has 1 aliphatic rings. The molecule has 0 saturated carbocycles. The molecule has 0 fully saturated rings. The highest BCUT2D eigenvalue weighted by molar-refractivity contribution is 6.99. The van der Waals surface area contributed by atoms with Crippen LogP contribution in [0.25, 0.3) is 55.0 Å². The maximum atomic E-state index is 2.51. The summed E-state index contributed by atoms with van der Waals surface area (Å²) in [6.45, 7) is -0.0709. The van der Waals surface area contributed by atoms with Gasteiger partial charge in [0.05, 0.1) is 22.1 Å². The molecule has 0 saturated heterocycles. The molecule has 3 heterocycles. The maximum absolute atomic E-state index is 2.51. The van der Waals surface area contributed by atoms with Gasteiger partial charge in [0.2, 0.25) is 0 Å². The normalized spacial score (nSPS) is 12.5. The SMILES string of the molecule is c1ccc(N2c3ccccc3B(c3c(-n4c5ccccc5c5ccccc54)cccc3-n3c4ccccc4c4ccccc43)c3ccccc32)cc1. The van der Waals surface area contributed by atoms with E-state index in [-0.39, 0.29) is 6.71 Å². The molecule has 0 unspecified atom stereocenters. The van der Waals surface area contributed by atoms with Crippen LogP contribution in [-0.4, -0.2) is 15.8 Å². The van der Waals surface area contributed by atoms with E-state index in [0.29, 0.717) is 0 Å². The van der Waals surface area contributed by atoms with Gasteiger partial charge >= 0.3 is 0 Å². The lowest BCUT2D eigenvalue weighted by atomic mass is 9.34. The minimum absolute atomic E-state index is 0.0709. The molecule has 8 aromatic carbocycles. The molecule has 52 heavy (non-hydrogen) atoms. The van der Waals surface area contributed by atoms with Gasteiger partial charge in [-0.2, -0.15) is 0 Å². The number of hydrogen-bond acceptors (Lipinski definition) is 1. The molecule has 10 aromatic rings. The number of nitrogens with zero attached hydrogens (tertiary/aromatic N) is 3. The minimum atomic E-state index is -0.0709. The number of aromatic nitrogens is 2. The molecule has 1 aliphatic heterocycles. The fourth-order valence-corrected chi connectivity index (χ4v) is 8.93. The van der Waals surface area contributed by atoms with Crippen LogP contribution in [0.5, 0.6) is 0 Å². The Balaban J connectivity index is 1.32. The quantitative estimate of drug-likeness (QED) is 0.171. The molecular weight excluding hydrogens is 629 g/mol. The molecule has 0 N–H and O–H groups in total. The fraction of sp³-hybridized carbons (Fsp3) is 0. The van der Waals surface area contributed by atoms with E-state index in [4.69, 9.17) is 0 Å². The Morgan fingerprint density at radius 3 is 1.08 bits per heavy atom. The van der Waals surface area contributed by atoms with Crippen molar-refractivity contribution in [3.8, 4) is 11.4 Å². The average molecular weight is 662 g/mol. The standard InChI is InChI=1S/C48H32BN3/c1-2-17-33(18-3-1)50-44-29-14-8-23-38(44)49(39-24-9-15-30-45(39)50)48-46(51-40-25-10-4-19-34(40)35-20-5-11-26-41(35)51)31-16-32-47(48)52-42-27-12-6-21-36(42)37-22-7-13-28-43(37)52/h1-32H. The van der Waals surface area contributed by atoms with Crippen molar-refractivity contribution in [2.45, 2.75) is 0 Å². The van der Waals surface area contributed by atoms with Crippen LogP contribution in [0.15, 0.2) is 194 Å². The Labute approximate surface area is 302 Å². The van der Waals surface area contributed by atoms with E-state index < -0.39 is 0 Å². The van der Waals surface area contributed by atoms with E-state index in [1.165, 1.54) is 82.7 Å². The molecule has 242 valence electrons. The lowest BCUT2D eigenvalue weighted by molar-refractivity contribution is 1.15. The maximum Gasteiger partial charge on any atom is 0.252 e. The zero-order chi connectivity index (χ0) is 34.2. The first kappa shape index (κ1) is 29.0. The van der Waals surface area contributed by atoms with Gasteiger partial charge in [-0.3, -0.25) is 0 Å². The van der Waals surface area contributed by atoms with Crippen molar-refractivity contribution in [1.29, 1.82) is 0 Å². The first-order valence-electron chi connectivity index (χ1n) is 18.0.